The molecule has 2 amide bonds. The third-order valence-corrected chi connectivity index (χ3v) is 4.37. The van der Waals surface area contributed by atoms with E-state index < -0.39 is 0 Å². The first kappa shape index (κ1) is 14.4. The molecular formula is C15H26N2O2. The number of nitrogens with one attached hydrogen (secondary N) is 2. The van der Waals surface area contributed by atoms with Crippen LogP contribution in [0.3, 0.4) is 0 Å². The molecular weight excluding hydrogens is 240 g/mol. The Morgan fingerprint density at radius 2 is 1.95 bits per heavy atom. The molecule has 2 aliphatic rings. The van der Waals surface area contributed by atoms with Crippen molar-refractivity contribution >= 4 is 11.8 Å². The smallest absolute Gasteiger partial charge is 0.244 e. The molecule has 2 fully saturated rings. The molecule has 108 valence electrons. The van der Waals surface area contributed by atoms with Crippen LogP contribution in [0, 0.1) is 5.92 Å². The fourth-order valence-electron chi connectivity index (χ4n) is 3.04. The van der Waals surface area contributed by atoms with E-state index in [1.807, 2.05) is 0 Å². The van der Waals surface area contributed by atoms with Crippen LogP contribution in [-0.4, -0.2) is 24.4 Å². The minimum absolute atomic E-state index is 0.0255. The summed E-state index contributed by atoms with van der Waals surface area (Å²) >= 11 is 0. The Labute approximate surface area is 115 Å². The van der Waals surface area contributed by atoms with Gasteiger partial charge in [0.25, 0.3) is 0 Å². The molecule has 0 aromatic heterocycles. The number of unbranched alkanes of at least 4 members (excludes halogenated alkanes) is 2. The second kappa shape index (κ2) is 7.51. The van der Waals surface area contributed by atoms with Crippen molar-refractivity contribution in [1.82, 2.24) is 10.6 Å². The first-order valence-corrected chi connectivity index (χ1v) is 7.83. The molecule has 1 aliphatic carbocycles. The van der Waals surface area contributed by atoms with Crippen molar-refractivity contribution in [3.05, 3.63) is 0 Å². The molecule has 4 heteroatoms. The molecule has 0 bridgehead atoms. The van der Waals surface area contributed by atoms with E-state index in [1.54, 1.807) is 0 Å². The monoisotopic (exact) mass is 266 g/mol. The second-order valence-corrected chi connectivity index (χ2v) is 5.97. The topological polar surface area (TPSA) is 58.2 Å². The molecule has 19 heavy (non-hydrogen) atoms. The van der Waals surface area contributed by atoms with E-state index in [9.17, 15) is 9.59 Å². The number of β-lactam (4-membered cyclic amide) rings is 1. The number of carbonyl (C=O) groups is 2. The number of amides is 2. The predicted octanol–water partition coefficient (Wildman–Crippen LogP) is 2.13. The van der Waals surface area contributed by atoms with Crippen LogP contribution in [0.4, 0.5) is 0 Å². The van der Waals surface area contributed by atoms with Gasteiger partial charge in [0, 0.05) is 13.0 Å². The summed E-state index contributed by atoms with van der Waals surface area (Å²) in [6, 6.07) is -0.269. The lowest BCUT2D eigenvalue weighted by Crippen LogP contribution is -2.61. The van der Waals surface area contributed by atoms with E-state index >= 15 is 0 Å². The van der Waals surface area contributed by atoms with Gasteiger partial charge in [-0.2, -0.15) is 0 Å². The van der Waals surface area contributed by atoms with Crippen LogP contribution in [-0.2, 0) is 9.59 Å². The quantitative estimate of drug-likeness (QED) is 0.548. The lowest BCUT2D eigenvalue weighted by molar-refractivity contribution is -0.133. The highest BCUT2D eigenvalue weighted by molar-refractivity contribution is 5.92. The maximum absolute atomic E-state index is 11.6. The zero-order chi connectivity index (χ0) is 13.5. The Morgan fingerprint density at radius 3 is 2.58 bits per heavy atom. The number of hydrogen-bond donors (Lipinski definition) is 2. The van der Waals surface area contributed by atoms with Gasteiger partial charge in [0.2, 0.25) is 11.8 Å². The summed E-state index contributed by atoms with van der Waals surface area (Å²) in [5, 5.41) is 5.38. The standard InChI is InChI=1S/C15H26N2O2/c18-14(17-13-11-16-15(13)19)10-6-2-5-9-12-7-3-1-4-8-12/h12-13H,1-11H2,(H,16,19)(H,17,18). The Balaban J connectivity index is 1.44. The summed E-state index contributed by atoms with van der Waals surface area (Å²) in [5.41, 5.74) is 0. The molecule has 0 aromatic rings. The normalized spacial score (nSPS) is 23.6. The van der Waals surface area contributed by atoms with Gasteiger partial charge in [0.1, 0.15) is 6.04 Å². The fourth-order valence-corrected chi connectivity index (χ4v) is 3.04. The van der Waals surface area contributed by atoms with E-state index in [-0.39, 0.29) is 17.9 Å². The minimum Gasteiger partial charge on any atom is -0.352 e. The maximum atomic E-state index is 11.6. The van der Waals surface area contributed by atoms with Crippen molar-refractivity contribution < 1.29 is 9.59 Å². The summed E-state index contributed by atoms with van der Waals surface area (Å²) in [6.45, 7) is 0.590. The van der Waals surface area contributed by atoms with Crippen LogP contribution < -0.4 is 10.6 Å². The van der Waals surface area contributed by atoms with Gasteiger partial charge in [-0.05, 0) is 12.3 Å². The van der Waals surface area contributed by atoms with Crippen molar-refractivity contribution in [1.29, 1.82) is 0 Å². The van der Waals surface area contributed by atoms with E-state index in [0.29, 0.717) is 13.0 Å². The van der Waals surface area contributed by atoms with Gasteiger partial charge in [-0.15, -0.1) is 0 Å². The molecule has 1 unspecified atom stereocenters. The van der Waals surface area contributed by atoms with Crippen LogP contribution in [0.25, 0.3) is 0 Å². The van der Waals surface area contributed by atoms with Crippen molar-refractivity contribution in [3.63, 3.8) is 0 Å². The average molecular weight is 266 g/mol. The van der Waals surface area contributed by atoms with E-state index in [1.165, 1.54) is 44.9 Å². The largest absolute Gasteiger partial charge is 0.352 e. The Morgan fingerprint density at radius 1 is 1.16 bits per heavy atom. The molecule has 4 nitrogen and oxygen atoms in total. The van der Waals surface area contributed by atoms with E-state index in [0.717, 1.165) is 18.8 Å². The minimum atomic E-state index is -0.269. The summed E-state index contributed by atoms with van der Waals surface area (Å²) in [6.07, 6.45) is 12.3. The molecule has 1 atom stereocenters. The fraction of sp³-hybridized carbons (Fsp3) is 0.867. The van der Waals surface area contributed by atoms with Crippen molar-refractivity contribution in [2.45, 2.75) is 70.3 Å². The number of hydrogen-bond acceptors (Lipinski definition) is 2. The molecule has 2 rings (SSSR count). The molecule has 1 heterocycles. The van der Waals surface area contributed by atoms with E-state index in [4.69, 9.17) is 0 Å². The molecule has 0 radical (unpaired) electrons. The zero-order valence-corrected chi connectivity index (χ0v) is 11.7. The Hall–Kier alpha value is -1.06. The highest BCUT2D eigenvalue weighted by Gasteiger charge is 2.28. The third kappa shape index (κ3) is 4.84. The second-order valence-electron chi connectivity index (χ2n) is 5.97. The lowest BCUT2D eigenvalue weighted by atomic mass is 9.85. The van der Waals surface area contributed by atoms with Crippen LogP contribution in [0.1, 0.15) is 64.2 Å². The molecule has 0 aromatic carbocycles. The summed E-state index contributed by atoms with van der Waals surface area (Å²) in [4.78, 5) is 22.6. The van der Waals surface area contributed by atoms with Crippen molar-refractivity contribution in [3.8, 4) is 0 Å². The molecule has 1 saturated carbocycles. The maximum Gasteiger partial charge on any atom is 0.244 e. The Bertz CT molecular complexity index is 311. The summed E-state index contributed by atoms with van der Waals surface area (Å²) < 4.78 is 0. The zero-order valence-electron chi connectivity index (χ0n) is 11.7. The van der Waals surface area contributed by atoms with Crippen molar-refractivity contribution in [2.24, 2.45) is 5.92 Å². The third-order valence-electron chi connectivity index (χ3n) is 4.37. The highest BCUT2D eigenvalue weighted by atomic mass is 16.2. The highest BCUT2D eigenvalue weighted by Crippen LogP contribution is 2.27. The average Bonchev–Trinajstić information content (AvgIpc) is 2.44. The Kier molecular flexibility index (Phi) is 5.67. The first-order chi connectivity index (χ1) is 9.25. The van der Waals surface area contributed by atoms with Gasteiger partial charge in [-0.1, -0.05) is 51.4 Å². The number of carbonyl (C=O) groups excluding carboxylic acids is 2. The van der Waals surface area contributed by atoms with Gasteiger partial charge < -0.3 is 10.6 Å². The summed E-state index contributed by atoms with van der Waals surface area (Å²) in [7, 11) is 0. The molecule has 1 saturated heterocycles. The molecule has 0 spiro atoms. The first-order valence-electron chi connectivity index (χ1n) is 7.83. The number of rotatable bonds is 7. The van der Waals surface area contributed by atoms with Gasteiger partial charge >= 0.3 is 0 Å². The van der Waals surface area contributed by atoms with Crippen molar-refractivity contribution in [2.75, 3.05) is 6.54 Å². The van der Waals surface area contributed by atoms with Gasteiger partial charge in [0.05, 0.1) is 0 Å². The van der Waals surface area contributed by atoms with Crippen LogP contribution in [0.5, 0.6) is 0 Å². The van der Waals surface area contributed by atoms with Crippen LogP contribution in [0.2, 0.25) is 0 Å². The lowest BCUT2D eigenvalue weighted by Gasteiger charge is -2.26. The molecule has 1 aliphatic heterocycles. The predicted molar refractivity (Wildman–Crippen MR) is 74.6 cm³/mol. The molecule has 2 N–H and O–H groups in total. The van der Waals surface area contributed by atoms with Gasteiger partial charge in [0.15, 0.2) is 0 Å². The van der Waals surface area contributed by atoms with E-state index in [2.05, 4.69) is 10.6 Å². The SMILES string of the molecule is O=C(CCCCCC1CCCCC1)NC1CNC1=O. The van der Waals surface area contributed by atoms with Crippen LogP contribution in [0.15, 0.2) is 0 Å². The van der Waals surface area contributed by atoms with Crippen LogP contribution >= 0.6 is 0 Å². The van der Waals surface area contributed by atoms with Gasteiger partial charge in [-0.3, -0.25) is 9.59 Å². The van der Waals surface area contributed by atoms with Gasteiger partial charge in [-0.25, -0.2) is 0 Å². The summed E-state index contributed by atoms with van der Waals surface area (Å²) in [5.74, 6) is 0.921.